The first kappa shape index (κ1) is 22.3. The van der Waals surface area contributed by atoms with Crippen molar-refractivity contribution in [3.8, 4) is 17.2 Å². The zero-order valence-corrected chi connectivity index (χ0v) is 18.4. The Morgan fingerprint density at radius 3 is 2.39 bits per heavy atom. The number of nitrogens with one attached hydrogen (secondary N) is 2. The first-order valence-electron chi connectivity index (χ1n) is 9.69. The molecule has 0 aromatic heterocycles. The smallest absolute Gasteiger partial charge is 0.203 e. The molecule has 1 aliphatic rings. The van der Waals surface area contributed by atoms with E-state index >= 15 is 0 Å². The number of ether oxygens (including phenoxy) is 3. The molecule has 2 rings (SSSR count). The van der Waals surface area contributed by atoms with Gasteiger partial charge in [-0.25, -0.2) is 0 Å². The van der Waals surface area contributed by atoms with Crippen molar-refractivity contribution in [2.45, 2.75) is 50.4 Å². The van der Waals surface area contributed by atoms with Crippen LogP contribution in [0.15, 0.2) is 17.1 Å². The zero-order valence-electron chi connectivity index (χ0n) is 17.5. The Bertz CT molecular complexity index is 671. The Balaban J connectivity index is 1.99. The number of hydrogen-bond donors (Lipinski definition) is 2. The van der Waals surface area contributed by atoms with Crippen LogP contribution in [0.1, 0.15) is 38.2 Å². The van der Waals surface area contributed by atoms with Gasteiger partial charge in [0.25, 0.3) is 0 Å². The minimum Gasteiger partial charge on any atom is -0.493 e. The van der Waals surface area contributed by atoms with Crippen molar-refractivity contribution < 1.29 is 18.4 Å². The van der Waals surface area contributed by atoms with E-state index in [1.54, 1.807) is 28.4 Å². The monoisotopic (exact) mass is 411 g/mol. The highest BCUT2D eigenvalue weighted by atomic mass is 32.2. The van der Waals surface area contributed by atoms with Gasteiger partial charge in [0.2, 0.25) is 5.75 Å². The summed E-state index contributed by atoms with van der Waals surface area (Å²) in [5.41, 5.74) is 0.992. The lowest BCUT2D eigenvalue weighted by molar-refractivity contribution is 0.323. The van der Waals surface area contributed by atoms with Gasteiger partial charge in [0.05, 0.1) is 21.3 Å². The van der Waals surface area contributed by atoms with Crippen molar-refractivity contribution in [1.29, 1.82) is 0 Å². The molecule has 1 fully saturated rings. The highest BCUT2D eigenvalue weighted by Gasteiger charge is 2.26. The normalized spacial score (nSPS) is 21.0. The SMILES string of the molecule is CCS(=O)C1CCCC(NC(=NC)NCc2cc(OC)c(OC)c(OC)c2)C1. The molecule has 7 nitrogen and oxygen atoms in total. The third-order valence-electron chi connectivity index (χ3n) is 5.03. The van der Waals surface area contributed by atoms with Gasteiger partial charge in [-0.1, -0.05) is 13.3 Å². The predicted molar refractivity (Wildman–Crippen MR) is 114 cm³/mol. The Morgan fingerprint density at radius 2 is 1.86 bits per heavy atom. The summed E-state index contributed by atoms with van der Waals surface area (Å²) in [4.78, 5) is 4.34. The van der Waals surface area contributed by atoms with Gasteiger partial charge >= 0.3 is 0 Å². The Kier molecular flexibility index (Phi) is 8.89. The molecule has 28 heavy (non-hydrogen) atoms. The van der Waals surface area contributed by atoms with Crippen LogP contribution >= 0.6 is 0 Å². The third-order valence-corrected chi connectivity index (χ3v) is 6.77. The lowest BCUT2D eigenvalue weighted by Gasteiger charge is -2.30. The molecule has 0 saturated heterocycles. The minimum atomic E-state index is -0.735. The molecule has 0 heterocycles. The minimum absolute atomic E-state index is 0.282. The highest BCUT2D eigenvalue weighted by Crippen LogP contribution is 2.38. The van der Waals surface area contributed by atoms with Crippen molar-refractivity contribution in [3.05, 3.63) is 17.7 Å². The Labute approximate surface area is 170 Å². The molecule has 0 radical (unpaired) electrons. The van der Waals surface area contributed by atoms with Crippen LogP contribution < -0.4 is 24.8 Å². The Hall–Kier alpha value is -1.96. The molecule has 0 spiro atoms. The van der Waals surface area contributed by atoms with Gasteiger partial charge in [-0.2, -0.15) is 0 Å². The summed E-state index contributed by atoms with van der Waals surface area (Å²) in [6.07, 6.45) is 4.14. The number of rotatable bonds is 8. The maximum atomic E-state index is 12.2. The lowest BCUT2D eigenvalue weighted by Crippen LogP contribution is -2.46. The molecule has 0 amide bonds. The third kappa shape index (κ3) is 5.77. The summed E-state index contributed by atoms with van der Waals surface area (Å²) < 4.78 is 28.3. The molecular formula is C20H33N3O4S. The molecule has 3 atom stereocenters. The van der Waals surface area contributed by atoms with Crippen LogP contribution in [0.4, 0.5) is 0 Å². The fourth-order valence-corrected chi connectivity index (χ4v) is 4.91. The topological polar surface area (TPSA) is 81.2 Å². The van der Waals surface area contributed by atoms with Crippen molar-refractivity contribution in [1.82, 2.24) is 10.6 Å². The van der Waals surface area contributed by atoms with Gasteiger partial charge in [0.1, 0.15) is 0 Å². The van der Waals surface area contributed by atoms with Gasteiger partial charge in [-0.3, -0.25) is 9.20 Å². The fraction of sp³-hybridized carbons (Fsp3) is 0.650. The second-order valence-corrected chi connectivity index (χ2v) is 8.76. The van der Waals surface area contributed by atoms with E-state index < -0.39 is 10.8 Å². The molecular weight excluding hydrogens is 378 g/mol. The summed E-state index contributed by atoms with van der Waals surface area (Å²) in [7, 11) is 5.83. The summed E-state index contributed by atoms with van der Waals surface area (Å²) in [5, 5.41) is 7.11. The van der Waals surface area contributed by atoms with E-state index in [2.05, 4.69) is 15.6 Å². The summed E-state index contributed by atoms with van der Waals surface area (Å²) in [5.74, 6) is 3.29. The van der Waals surface area contributed by atoms with Crippen LogP contribution in [0.3, 0.4) is 0 Å². The van der Waals surface area contributed by atoms with Crippen LogP contribution in [0.25, 0.3) is 0 Å². The molecule has 1 aliphatic carbocycles. The number of nitrogens with zero attached hydrogens (tertiary/aromatic N) is 1. The van der Waals surface area contributed by atoms with E-state index in [1.807, 2.05) is 19.1 Å². The molecule has 0 bridgehead atoms. The quantitative estimate of drug-likeness (QED) is 0.505. The molecule has 0 aliphatic heterocycles. The van der Waals surface area contributed by atoms with Crippen LogP contribution in [-0.4, -0.2) is 55.6 Å². The van der Waals surface area contributed by atoms with Crippen molar-refractivity contribution in [3.63, 3.8) is 0 Å². The second-order valence-electron chi connectivity index (χ2n) is 6.76. The molecule has 1 aromatic carbocycles. The highest BCUT2D eigenvalue weighted by molar-refractivity contribution is 7.85. The fourth-order valence-electron chi connectivity index (χ4n) is 3.56. The average Bonchev–Trinajstić information content (AvgIpc) is 2.75. The van der Waals surface area contributed by atoms with Crippen molar-refractivity contribution in [2.75, 3.05) is 34.1 Å². The van der Waals surface area contributed by atoms with Crippen LogP contribution in [0.5, 0.6) is 17.2 Å². The molecule has 8 heteroatoms. The van der Waals surface area contributed by atoms with Gasteiger partial charge in [0.15, 0.2) is 17.5 Å². The number of methoxy groups -OCH3 is 3. The van der Waals surface area contributed by atoms with Gasteiger partial charge < -0.3 is 24.8 Å². The molecule has 1 aromatic rings. The van der Waals surface area contributed by atoms with Crippen LogP contribution in [0.2, 0.25) is 0 Å². The zero-order chi connectivity index (χ0) is 20.5. The maximum Gasteiger partial charge on any atom is 0.203 e. The van der Waals surface area contributed by atoms with E-state index in [-0.39, 0.29) is 5.25 Å². The number of benzene rings is 1. The predicted octanol–water partition coefficient (Wildman–Crippen LogP) is 2.46. The first-order valence-corrected chi connectivity index (χ1v) is 11.1. The largest absolute Gasteiger partial charge is 0.493 e. The summed E-state index contributed by atoms with van der Waals surface area (Å²) >= 11 is 0. The molecule has 158 valence electrons. The van der Waals surface area contributed by atoms with Gasteiger partial charge in [0, 0.05) is 41.4 Å². The summed E-state index contributed by atoms with van der Waals surface area (Å²) in [6, 6.07) is 4.13. The molecule has 3 unspecified atom stereocenters. The van der Waals surface area contributed by atoms with Crippen molar-refractivity contribution in [2.24, 2.45) is 4.99 Å². The van der Waals surface area contributed by atoms with Crippen molar-refractivity contribution >= 4 is 16.8 Å². The van der Waals surface area contributed by atoms with Gasteiger partial charge in [-0.05, 0) is 37.0 Å². The maximum absolute atomic E-state index is 12.2. The number of aliphatic imine (C=N–C) groups is 1. The first-order chi connectivity index (χ1) is 13.6. The number of guanidine groups is 1. The van der Waals surface area contributed by atoms with Crippen LogP contribution in [-0.2, 0) is 17.3 Å². The van der Waals surface area contributed by atoms with E-state index in [9.17, 15) is 4.21 Å². The van der Waals surface area contributed by atoms with E-state index in [1.165, 1.54) is 0 Å². The standard InChI is InChI=1S/C20H33N3O4S/c1-6-28(24)16-9-7-8-15(12-16)23-20(21-2)22-13-14-10-17(25-3)19(27-5)18(11-14)26-4/h10-11,15-16H,6-9,12-13H2,1-5H3,(H2,21,22,23). The van der Waals surface area contributed by atoms with Crippen LogP contribution in [0, 0.1) is 0 Å². The second kappa shape index (κ2) is 11.1. The van der Waals surface area contributed by atoms with E-state index in [4.69, 9.17) is 14.2 Å². The van der Waals surface area contributed by atoms with Gasteiger partial charge in [-0.15, -0.1) is 0 Å². The van der Waals surface area contributed by atoms with E-state index in [0.29, 0.717) is 29.8 Å². The molecule has 2 N–H and O–H groups in total. The summed E-state index contributed by atoms with van der Waals surface area (Å²) in [6.45, 7) is 2.55. The molecule has 1 saturated carbocycles. The average molecular weight is 412 g/mol. The lowest BCUT2D eigenvalue weighted by atomic mass is 9.95. The number of hydrogen-bond acceptors (Lipinski definition) is 5. The Morgan fingerprint density at radius 1 is 1.18 bits per heavy atom. The van der Waals surface area contributed by atoms with E-state index in [0.717, 1.165) is 43.0 Å².